The molecule has 0 saturated heterocycles. The molecule has 0 heterocycles. The highest BCUT2D eigenvalue weighted by molar-refractivity contribution is 4.97. The number of ether oxygens (including phenoxy) is 1. The van der Waals surface area contributed by atoms with Crippen LogP contribution in [-0.2, 0) is 4.74 Å². The maximum atomic E-state index is 6.09. The highest BCUT2D eigenvalue weighted by Gasteiger charge is 2.42. The lowest BCUT2D eigenvalue weighted by Crippen LogP contribution is -2.54. The third-order valence-corrected chi connectivity index (χ3v) is 4.44. The fourth-order valence-corrected chi connectivity index (χ4v) is 3.24. The first-order valence-corrected chi connectivity index (χ1v) is 7.32. The summed E-state index contributed by atoms with van der Waals surface area (Å²) in [5.41, 5.74) is 3.05. The molecule has 1 atom stereocenters. The minimum absolute atomic E-state index is 0.00604. The molecule has 17 heavy (non-hydrogen) atoms. The van der Waals surface area contributed by atoms with Gasteiger partial charge in [-0.1, -0.05) is 39.5 Å². The van der Waals surface area contributed by atoms with Gasteiger partial charge in [-0.25, -0.2) is 0 Å². The molecule has 1 saturated carbocycles. The number of hydrazine groups is 1. The molecule has 3 heteroatoms. The first kappa shape index (κ1) is 14.9. The maximum Gasteiger partial charge on any atom is 0.0848 e. The smallest absolute Gasteiger partial charge is 0.0848 e. The van der Waals surface area contributed by atoms with Gasteiger partial charge in [0.2, 0.25) is 0 Å². The van der Waals surface area contributed by atoms with Crippen molar-refractivity contribution >= 4 is 0 Å². The number of nitrogens with two attached hydrogens (primary N) is 1. The molecule has 3 nitrogen and oxygen atoms in total. The summed E-state index contributed by atoms with van der Waals surface area (Å²) in [5.74, 6) is 6.55. The molecule has 1 unspecified atom stereocenters. The fourth-order valence-electron chi connectivity index (χ4n) is 3.24. The predicted molar refractivity (Wildman–Crippen MR) is 72.6 cm³/mol. The Morgan fingerprint density at radius 2 is 1.76 bits per heavy atom. The highest BCUT2D eigenvalue weighted by Crippen LogP contribution is 2.38. The molecule has 0 aromatic rings. The first-order chi connectivity index (χ1) is 8.22. The lowest BCUT2D eigenvalue weighted by molar-refractivity contribution is -0.0667. The van der Waals surface area contributed by atoms with Crippen LogP contribution in [0.3, 0.4) is 0 Å². The number of nitrogens with one attached hydrogen (secondary N) is 1. The summed E-state index contributed by atoms with van der Waals surface area (Å²) in [6, 6.07) is 0.315. The van der Waals surface area contributed by atoms with Crippen LogP contribution < -0.4 is 11.3 Å². The highest BCUT2D eigenvalue weighted by atomic mass is 16.5. The molecule has 0 radical (unpaired) electrons. The van der Waals surface area contributed by atoms with Crippen LogP contribution >= 0.6 is 0 Å². The third-order valence-electron chi connectivity index (χ3n) is 4.44. The average Bonchev–Trinajstić information content (AvgIpc) is 2.81. The molecule has 0 aliphatic heterocycles. The molecule has 3 N–H and O–H groups in total. The SMILES string of the molecule is CCOC1(C(CC(CC)CC)NN)CCCC1. The summed E-state index contributed by atoms with van der Waals surface area (Å²) in [5, 5.41) is 0. The standard InChI is InChI=1S/C14H30N2O/c1-4-12(5-2)11-13(16-15)14(17-6-3)9-7-8-10-14/h12-13,16H,4-11,15H2,1-3H3. The first-order valence-electron chi connectivity index (χ1n) is 7.32. The van der Waals surface area contributed by atoms with Gasteiger partial charge in [0.05, 0.1) is 11.6 Å². The van der Waals surface area contributed by atoms with Crippen LogP contribution in [0, 0.1) is 5.92 Å². The van der Waals surface area contributed by atoms with Crippen molar-refractivity contribution in [2.75, 3.05) is 6.61 Å². The van der Waals surface area contributed by atoms with Crippen LogP contribution in [0.15, 0.2) is 0 Å². The molecule has 0 aromatic carbocycles. The Morgan fingerprint density at radius 1 is 1.18 bits per heavy atom. The van der Waals surface area contributed by atoms with Crippen LogP contribution in [0.2, 0.25) is 0 Å². The average molecular weight is 242 g/mol. The van der Waals surface area contributed by atoms with Crippen molar-refractivity contribution in [2.24, 2.45) is 11.8 Å². The van der Waals surface area contributed by atoms with Gasteiger partial charge in [0.1, 0.15) is 0 Å². The Kier molecular flexibility index (Phi) is 6.45. The van der Waals surface area contributed by atoms with Gasteiger partial charge < -0.3 is 4.74 Å². The molecule has 0 aromatic heterocycles. The Bertz CT molecular complexity index is 198. The summed E-state index contributed by atoms with van der Waals surface area (Å²) in [7, 11) is 0. The van der Waals surface area contributed by atoms with Crippen molar-refractivity contribution in [3.63, 3.8) is 0 Å². The third kappa shape index (κ3) is 3.67. The normalized spacial score (nSPS) is 21.0. The zero-order chi connectivity index (χ0) is 12.7. The topological polar surface area (TPSA) is 47.3 Å². The maximum absolute atomic E-state index is 6.09. The van der Waals surface area contributed by atoms with Gasteiger partial charge in [0.15, 0.2) is 0 Å². The molecular formula is C14H30N2O. The van der Waals surface area contributed by atoms with Crippen LogP contribution in [0.1, 0.15) is 65.7 Å². The van der Waals surface area contributed by atoms with Gasteiger partial charge in [-0.2, -0.15) is 0 Å². The van der Waals surface area contributed by atoms with E-state index in [4.69, 9.17) is 10.6 Å². The molecule has 1 aliphatic carbocycles. The molecule has 1 rings (SSSR count). The van der Waals surface area contributed by atoms with Crippen LogP contribution in [-0.4, -0.2) is 18.2 Å². The predicted octanol–water partition coefficient (Wildman–Crippen LogP) is 2.99. The molecule has 0 amide bonds. The summed E-state index contributed by atoms with van der Waals surface area (Å²) < 4.78 is 6.09. The van der Waals surface area contributed by atoms with Gasteiger partial charge in [0.25, 0.3) is 0 Å². The second-order valence-electron chi connectivity index (χ2n) is 5.34. The van der Waals surface area contributed by atoms with E-state index < -0.39 is 0 Å². The van der Waals surface area contributed by atoms with Gasteiger partial charge in [-0.3, -0.25) is 11.3 Å². The zero-order valence-corrected chi connectivity index (χ0v) is 11.8. The Morgan fingerprint density at radius 3 is 2.18 bits per heavy atom. The monoisotopic (exact) mass is 242 g/mol. The minimum Gasteiger partial charge on any atom is -0.374 e. The van der Waals surface area contributed by atoms with Gasteiger partial charge in [-0.05, 0) is 32.1 Å². The van der Waals surface area contributed by atoms with Crippen molar-refractivity contribution in [2.45, 2.75) is 77.4 Å². The van der Waals surface area contributed by atoms with E-state index in [1.807, 2.05) is 0 Å². The van der Waals surface area contributed by atoms with Gasteiger partial charge in [0, 0.05) is 6.61 Å². The van der Waals surface area contributed by atoms with Crippen molar-refractivity contribution < 1.29 is 4.74 Å². The van der Waals surface area contributed by atoms with E-state index in [9.17, 15) is 0 Å². The second-order valence-corrected chi connectivity index (χ2v) is 5.34. The van der Waals surface area contributed by atoms with E-state index in [-0.39, 0.29) is 5.60 Å². The summed E-state index contributed by atoms with van der Waals surface area (Å²) in [4.78, 5) is 0. The quantitative estimate of drug-likeness (QED) is 0.508. The Labute approximate surface area is 106 Å². The van der Waals surface area contributed by atoms with Crippen LogP contribution in [0.4, 0.5) is 0 Å². The Balaban J connectivity index is 2.67. The van der Waals surface area contributed by atoms with Crippen molar-refractivity contribution in [1.82, 2.24) is 5.43 Å². The van der Waals surface area contributed by atoms with E-state index >= 15 is 0 Å². The molecular weight excluding hydrogens is 212 g/mol. The van der Waals surface area contributed by atoms with E-state index in [1.54, 1.807) is 0 Å². The molecule has 1 aliphatic rings. The number of hydrogen-bond donors (Lipinski definition) is 2. The molecule has 1 fully saturated rings. The van der Waals surface area contributed by atoms with Crippen molar-refractivity contribution in [1.29, 1.82) is 0 Å². The largest absolute Gasteiger partial charge is 0.374 e. The Hall–Kier alpha value is -0.120. The van der Waals surface area contributed by atoms with E-state index in [1.165, 1.54) is 25.7 Å². The fraction of sp³-hybridized carbons (Fsp3) is 1.00. The zero-order valence-electron chi connectivity index (χ0n) is 11.8. The summed E-state index contributed by atoms with van der Waals surface area (Å²) in [6.07, 6.45) is 8.49. The van der Waals surface area contributed by atoms with E-state index in [2.05, 4.69) is 26.2 Å². The molecule has 102 valence electrons. The number of hydrogen-bond acceptors (Lipinski definition) is 3. The molecule has 0 spiro atoms. The minimum atomic E-state index is 0.00604. The lowest BCUT2D eigenvalue weighted by Gasteiger charge is -2.38. The lowest BCUT2D eigenvalue weighted by atomic mass is 9.84. The van der Waals surface area contributed by atoms with E-state index in [0.29, 0.717) is 6.04 Å². The van der Waals surface area contributed by atoms with Crippen molar-refractivity contribution in [3.8, 4) is 0 Å². The van der Waals surface area contributed by atoms with Gasteiger partial charge in [-0.15, -0.1) is 0 Å². The summed E-state index contributed by atoms with van der Waals surface area (Å²) in [6.45, 7) is 7.42. The van der Waals surface area contributed by atoms with Crippen LogP contribution in [0.25, 0.3) is 0 Å². The van der Waals surface area contributed by atoms with Gasteiger partial charge >= 0.3 is 0 Å². The molecule has 0 bridgehead atoms. The number of rotatable bonds is 8. The second kappa shape index (κ2) is 7.34. The van der Waals surface area contributed by atoms with Crippen molar-refractivity contribution in [3.05, 3.63) is 0 Å². The van der Waals surface area contributed by atoms with E-state index in [0.717, 1.165) is 31.8 Å². The summed E-state index contributed by atoms with van der Waals surface area (Å²) >= 11 is 0. The van der Waals surface area contributed by atoms with Crippen LogP contribution in [0.5, 0.6) is 0 Å².